The Morgan fingerprint density at radius 3 is 3.12 bits per heavy atom. The van der Waals surface area contributed by atoms with E-state index < -0.39 is 0 Å². The summed E-state index contributed by atoms with van der Waals surface area (Å²) in [7, 11) is 0. The minimum atomic E-state index is 0.425. The standard InChI is InChI=1S/C10H9N5OS/c11-8-3-12-15(4-8)5-9-13-10(14-16-9)7-1-2-17-6-7/h1-4,6H,5,11H2. The van der Waals surface area contributed by atoms with Crippen molar-refractivity contribution >= 4 is 17.0 Å². The lowest BCUT2D eigenvalue weighted by molar-refractivity contribution is 0.366. The Hall–Kier alpha value is -2.15. The normalized spacial score (nSPS) is 10.8. The van der Waals surface area contributed by atoms with Gasteiger partial charge >= 0.3 is 0 Å². The van der Waals surface area contributed by atoms with Crippen molar-refractivity contribution in [2.75, 3.05) is 5.73 Å². The molecule has 3 heterocycles. The molecule has 17 heavy (non-hydrogen) atoms. The Bertz CT molecular complexity index is 612. The van der Waals surface area contributed by atoms with E-state index in [4.69, 9.17) is 10.3 Å². The van der Waals surface area contributed by atoms with E-state index in [1.165, 1.54) is 0 Å². The van der Waals surface area contributed by atoms with Crippen LogP contribution in [0.2, 0.25) is 0 Å². The van der Waals surface area contributed by atoms with Crippen molar-refractivity contribution in [3.63, 3.8) is 0 Å². The van der Waals surface area contributed by atoms with Gasteiger partial charge in [0.15, 0.2) is 0 Å². The smallest absolute Gasteiger partial charge is 0.248 e. The van der Waals surface area contributed by atoms with Gasteiger partial charge in [0.2, 0.25) is 11.7 Å². The number of hydrogen-bond acceptors (Lipinski definition) is 6. The maximum absolute atomic E-state index is 5.57. The number of thiophene rings is 1. The molecular formula is C10H9N5OS. The molecule has 0 aliphatic rings. The average Bonchev–Trinajstić information content (AvgIpc) is 3.00. The van der Waals surface area contributed by atoms with Crippen LogP contribution in [-0.4, -0.2) is 19.9 Å². The molecule has 0 saturated carbocycles. The third kappa shape index (κ3) is 2.04. The minimum absolute atomic E-state index is 0.425. The van der Waals surface area contributed by atoms with Crippen molar-refractivity contribution in [2.45, 2.75) is 6.54 Å². The number of aromatic nitrogens is 4. The molecule has 0 aliphatic carbocycles. The van der Waals surface area contributed by atoms with Crippen LogP contribution in [0.1, 0.15) is 5.89 Å². The van der Waals surface area contributed by atoms with Crippen LogP contribution in [0.15, 0.2) is 33.7 Å². The summed E-state index contributed by atoms with van der Waals surface area (Å²) in [6.07, 6.45) is 3.30. The molecule has 0 aliphatic heterocycles. The van der Waals surface area contributed by atoms with Crippen LogP contribution in [0.4, 0.5) is 5.69 Å². The number of hydrogen-bond donors (Lipinski definition) is 1. The Balaban J connectivity index is 1.81. The predicted octanol–water partition coefficient (Wildman–Crippen LogP) is 1.63. The SMILES string of the molecule is Nc1cnn(Cc2nc(-c3ccsc3)no2)c1. The van der Waals surface area contributed by atoms with Crippen molar-refractivity contribution in [3.8, 4) is 11.4 Å². The summed E-state index contributed by atoms with van der Waals surface area (Å²) in [4.78, 5) is 4.28. The quantitative estimate of drug-likeness (QED) is 0.760. The summed E-state index contributed by atoms with van der Waals surface area (Å²) in [6, 6.07) is 1.95. The second-order valence-corrected chi connectivity index (χ2v) is 4.28. The first-order valence-electron chi connectivity index (χ1n) is 4.94. The molecule has 6 nitrogen and oxygen atoms in total. The molecule has 0 aromatic carbocycles. The van der Waals surface area contributed by atoms with Gasteiger partial charge in [-0.05, 0) is 11.4 Å². The van der Waals surface area contributed by atoms with Crippen molar-refractivity contribution < 1.29 is 4.52 Å². The Kier molecular flexibility index (Phi) is 2.37. The van der Waals surface area contributed by atoms with Crippen LogP contribution in [0, 0.1) is 0 Å². The maximum Gasteiger partial charge on any atom is 0.248 e. The molecule has 3 rings (SSSR count). The van der Waals surface area contributed by atoms with Crippen LogP contribution in [0.3, 0.4) is 0 Å². The molecular weight excluding hydrogens is 238 g/mol. The number of rotatable bonds is 3. The van der Waals surface area contributed by atoms with E-state index in [9.17, 15) is 0 Å². The Morgan fingerprint density at radius 2 is 2.41 bits per heavy atom. The fourth-order valence-electron chi connectivity index (χ4n) is 1.43. The molecule has 0 atom stereocenters. The molecule has 0 fully saturated rings. The van der Waals surface area contributed by atoms with E-state index in [2.05, 4.69) is 15.2 Å². The number of nitrogens with two attached hydrogens (primary N) is 1. The highest BCUT2D eigenvalue weighted by Gasteiger charge is 2.09. The summed E-state index contributed by atoms with van der Waals surface area (Å²) in [5.74, 6) is 1.11. The van der Waals surface area contributed by atoms with Crippen molar-refractivity contribution in [1.29, 1.82) is 0 Å². The van der Waals surface area contributed by atoms with Gasteiger partial charge in [0.1, 0.15) is 6.54 Å². The van der Waals surface area contributed by atoms with Gasteiger partial charge < -0.3 is 10.3 Å². The lowest BCUT2D eigenvalue weighted by Gasteiger charge is -1.93. The Labute approximate surface area is 101 Å². The van der Waals surface area contributed by atoms with E-state index in [0.29, 0.717) is 23.9 Å². The molecule has 3 aromatic rings. The van der Waals surface area contributed by atoms with Crippen LogP contribution in [0.25, 0.3) is 11.4 Å². The number of anilines is 1. The molecule has 2 N–H and O–H groups in total. The highest BCUT2D eigenvalue weighted by Crippen LogP contribution is 2.18. The van der Waals surface area contributed by atoms with Gasteiger partial charge in [-0.15, -0.1) is 0 Å². The van der Waals surface area contributed by atoms with Gasteiger partial charge in [0.05, 0.1) is 11.9 Å². The molecule has 0 saturated heterocycles. The summed E-state index contributed by atoms with van der Waals surface area (Å²) in [5, 5.41) is 11.9. The predicted molar refractivity (Wildman–Crippen MR) is 63.4 cm³/mol. The zero-order valence-electron chi connectivity index (χ0n) is 8.78. The fraction of sp³-hybridized carbons (Fsp3) is 0.100. The highest BCUT2D eigenvalue weighted by molar-refractivity contribution is 7.08. The van der Waals surface area contributed by atoms with E-state index in [1.54, 1.807) is 28.4 Å². The lowest BCUT2D eigenvalue weighted by Crippen LogP contribution is -2.00. The van der Waals surface area contributed by atoms with Crippen molar-refractivity contribution in [2.24, 2.45) is 0 Å². The molecule has 3 aromatic heterocycles. The minimum Gasteiger partial charge on any atom is -0.396 e. The summed E-state index contributed by atoms with van der Waals surface area (Å²) in [5.41, 5.74) is 7.14. The molecule has 86 valence electrons. The third-order valence-corrected chi connectivity index (χ3v) is 2.88. The largest absolute Gasteiger partial charge is 0.396 e. The van der Waals surface area contributed by atoms with Crippen molar-refractivity contribution in [1.82, 2.24) is 19.9 Å². The lowest BCUT2D eigenvalue weighted by atomic mass is 10.3. The second kappa shape index (κ2) is 4.02. The fourth-order valence-corrected chi connectivity index (χ4v) is 2.07. The molecule has 0 bridgehead atoms. The van der Waals surface area contributed by atoms with Crippen molar-refractivity contribution in [3.05, 3.63) is 35.1 Å². The topological polar surface area (TPSA) is 82.8 Å². The number of nitrogens with zero attached hydrogens (tertiary/aromatic N) is 4. The summed E-state index contributed by atoms with van der Waals surface area (Å²) in [6.45, 7) is 0.425. The second-order valence-electron chi connectivity index (χ2n) is 3.49. The van der Waals surface area contributed by atoms with E-state index in [1.807, 2.05) is 16.8 Å². The zero-order chi connectivity index (χ0) is 11.7. The first kappa shape index (κ1) is 10.0. The molecule has 0 radical (unpaired) electrons. The molecule has 7 heteroatoms. The first-order chi connectivity index (χ1) is 8.31. The first-order valence-corrected chi connectivity index (χ1v) is 5.88. The summed E-state index contributed by atoms with van der Waals surface area (Å²) < 4.78 is 6.80. The van der Waals surface area contributed by atoms with Gasteiger partial charge in [-0.2, -0.15) is 21.4 Å². The molecule has 0 amide bonds. The zero-order valence-corrected chi connectivity index (χ0v) is 9.59. The van der Waals surface area contributed by atoms with Gasteiger partial charge in [-0.25, -0.2) is 0 Å². The maximum atomic E-state index is 5.57. The van der Waals surface area contributed by atoms with Gasteiger partial charge in [-0.3, -0.25) is 4.68 Å². The van der Waals surface area contributed by atoms with Crippen LogP contribution in [-0.2, 0) is 6.54 Å². The van der Waals surface area contributed by atoms with E-state index in [0.717, 1.165) is 5.56 Å². The molecule has 0 spiro atoms. The van der Waals surface area contributed by atoms with Gasteiger partial charge in [-0.1, -0.05) is 5.16 Å². The third-order valence-electron chi connectivity index (χ3n) is 2.20. The summed E-state index contributed by atoms with van der Waals surface area (Å²) >= 11 is 1.60. The van der Waals surface area contributed by atoms with E-state index >= 15 is 0 Å². The van der Waals surface area contributed by atoms with Crippen LogP contribution < -0.4 is 5.73 Å². The molecule has 0 unspecified atom stereocenters. The Morgan fingerprint density at radius 1 is 1.47 bits per heavy atom. The highest BCUT2D eigenvalue weighted by atomic mass is 32.1. The van der Waals surface area contributed by atoms with Gasteiger partial charge in [0, 0.05) is 17.1 Å². The average molecular weight is 247 g/mol. The van der Waals surface area contributed by atoms with Gasteiger partial charge in [0.25, 0.3) is 0 Å². The van der Waals surface area contributed by atoms with Crippen LogP contribution >= 0.6 is 11.3 Å². The van der Waals surface area contributed by atoms with E-state index in [-0.39, 0.29) is 0 Å². The van der Waals surface area contributed by atoms with Crippen LogP contribution in [0.5, 0.6) is 0 Å². The number of nitrogen functional groups attached to an aromatic ring is 1. The monoisotopic (exact) mass is 247 g/mol.